The number of nitrogens with zero attached hydrogens (tertiary/aromatic N) is 1. The van der Waals surface area contributed by atoms with Crippen LogP contribution in [-0.2, 0) is 14.3 Å². The minimum absolute atomic E-state index is 0.0323. The number of esters is 1. The zero-order valence-electron chi connectivity index (χ0n) is 10.3. The summed E-state index contributed by atoms with van der Waals surface area (Å²) in [6, 6.07) is 0.281. The summed E-state index contributed by atoms with van der Waals surface area (Å²) in [6.07, 6.45) is -2.36. The molecule has 1 saturated carbocycles. The Kier molecular flexibility index (Phi) is 5.87. The fraction of sp³-hybridized carbons (Fsp3) is 0.909. The van der Waals surface area contributed by atoms with Gasteiger partial charge >= 0.3 is 12.1 Å². The molecule has 1 aliphatic rings. The molecule has 4 nitrogen and oxygen atoms in total. The highest BCUT2D eigenvalue weighted by atomic mass is 19.4. The standard InChI is InChI=1S/C11H18F3NO3/c1-2-18-10(16)7-15(9-3-4-9)5-6-17-8-11(12,13)14/h9H,2-8H2,1H3. The van der Waals surface area contributed by atoms with E-state index in [-0.39, 0.29) is 25.2 Å². The molecule has 0 atom stereocenters. The van der Waals surface area contributed by atoms with Crippen molar-refractivity contribution in [3.8, 4) is 0 Å². The summed E-state index contributed by atoms with van der Waals surface area (Å²) in [6.45, 7) is 1.18. The lowest BCUT2D eigenvalue weighted by Crippen LogP contribution is -2.36. The number of hydrogen-bond donors (Lipinski definition) is 0. The Balaban J connectivity index is 2.20. The van der Waals surface area contributed by atoms with E-state index in [1.54, 1.807) is 6.92 Å². The van der Waals surface area contributed by atoms with Gasteiger partial charge < -0.3 is 9.47 Å². The average molecular weight is 269 g/mol. The number of rotatable bonds is 8. The van der Waals surface area contributed by atoms with Crippen LogP contribution in [0.2, 0.25) is 0 Å². The van der Waals surface area contributed by atoms with Crippen LogP contribution in [0.5, 0.6) is 0 Å². The highest BCUT2D eigenvalue weighted by Gasteiger charge is 2.31. The van der Waals surface area contributed by atoms with E-state index < -0.39 is 12.8 Å². The molecule has 1 aliphatic carbocycles. The van der Waals surface area contributed by atoms with Crippen LogP contribution in [-0.4, -0.2) is 56.0 Å². The van der Waals surface area contributed by atoms with Gasteiger partial charge in [-0.3, -0.25) is 9.69 Å². The predicted octanol–water partition coefficient (Wildman–Crippen LogP) is 1.59. The van der Waals surface area contributed by atoms with Crippen molar-refractivity contribution in [2.24, 2.45) is 0 Å². The minimum Gasteiger partial charge on any atom is -0.465 e. The number of ether oxygens (including phenoxy) is 2. The van der Waals surface area contributed by atoms with Gasteiger partial charge in [-0.15, -0.1) is 0 Å². The van der Waals surface area contributed by atoms with E-state index >= 15 is 0 Å². The van der Waals surface area contributed by atoms with Gasteiger partial charge in [-0.1, -0.05) is 0 Å². The van der Waals surface area contributed by atoms with Crippen LogP contribution in [0, 0.1) is 0 Å². The van der Waals surface area contributed by atoms with Gasteiger partial charge in [-0.2, -0.15) is 13.2 Å². The molecule has 0 spiro atoms. The second-order valence-corrected chi connectivity index (χ2v) is 4.17. The van der Waals surface area contributed by atoms with E-state index in [2.05, 4.69) is 4.74 Å². The Morgan fingerprint density at radius 3 is 2.56 bits per heavy atom. The van der Waals surface area contributed by atoms with E-state index in [9.17, 15) is 18.0 Å². The number of carbonyl (C=O) groups excluding carboxylic acids is 1. The van der Waals surface area contributed by atoms with Gasteiger partial charge in [-0.25, -0.2) is 0 Å². The van der Waals surface area contributed by atoms with Crippen molar-refractivity contribution in [1.82, 2.24) is 4.90 Å². The molecule has 106 valence electrons. The highest BCUT2D eigenvalue weighted by Crippen LogP contribution is 2.26. The Bertz CT molecular complexity index is 267. The van der Waals surface area contributed by atoms with Crippen molar-refractivity contribution in [2.45, 2.75) is 32.0 Å². The fourth-order valence-electron chi connectivity index (χ4n) is 1.57. The van der Waals surface area contributed by atoms with Crippen molar-refractivity contribution in [2.75, 3.05) is 32.9 Å². The highest BCUT2D eigenvalue weighted by molar-refractivity contribution is 5.71. The molecule has 0 aromatic rings. The number of halogens is 3. The van der Waals surface area contributed by atoms with Gasteiger partial charge in [0.05, 0.1) is 19.8 Å². The summed E-state index contributed by atoms with van der Waals surface area (Å²) < 4.78 is 44.9. The second kappa shape index (κ2) is 6.94. The lowest BCUT2D eigenvalue weighted by Gasteiger charge is -2.20. The largest absolute Gasteiger partial charge is 0.465 e. The van der Waals surface area contributed by atoms with Gasteiger partial charge in [0.25, 0.3) is 0 Å². The molecule has 0 amide bonds. The zero-order chi connectivity index (χ0) is 13.6. The summed E-state index contributed by atoms with van der Waals surface area (Å²) in [7, 11) is 0. The lowest BCUT2D eigenvalue weighted by molar-refractivity contribution is -0.175. The first kappa shape index (κ1) is 15.2. The summed E-state index contributed by atoms with van der Waals surface area (Å²) in [5, 5.41) is 0. The molecule has 7 heteroatoms. The first-order valence-corrected chi connectivity index (χ1v) is 5.96. The number of hydrogen-bond acceptors (Lipinski definition) is 4. The SMILES string of the molecule is CCOC(=O)CN(CCOCC(F)(F)F)C1CC1. The third-order valence-corrected chi connectivity index (χ3v) is 2.49. The molecule has 0 N–H and O–H groups in total. The number of carbonyl (C=O) groups is 1. The van der Waals surface area contributed by atoms with Crippen LogP contribution in [0.4, 0.5) is 13.2 Å². The van der Waals surface area contributed by atoms with Gasteiger partial charge in [-0.05, 0) is 19.8 Å². The molecule has 0 aromatic carbocycles. The second-order valence-electron chi connectivity index (χ2n) is 4.17. The Morgan fingerprint density at radius 2 is 2.06 bits per heavy atom. The third-order valence-electron chi connectivity index (χ3n) is 2.49. The molecule has 0 aromatic heterocycles. The van der Waals surface area contributed by atoms with Crippen LogP contribution < -0.4 is 0 Å². The van der Waals surface area contributed by atoms with Crippen LogP contribution in [0.15, 0.2) is 0 Å². The quantitative estimate of drug-likeness (QED) is 0.495. The summed E-state index contributed by atoms with van der Waals surface area (Å²) in [5.41, 5.74) is 0. The molecule has 0 saturated heterocycles. The van der Waals surface area contributed by atoms with Crippen LogP contribution >= 0.6 is 0 Å². The van der Waals surface area contributed by atoms with E-state index in [1.807, 2.05) is 4.90 Å². The molecule has 1 rings (SSSR count). The Labute approximate surface area is 104 Å². The maximum absolute atomic E-state index is 11.8. The zero-order valence-corrected chi connectivity index (χ0v) is 10.3. The van der Waals surface area contributed by atoms with Crippen LogP contribution in [0.3, 0.4) is 0 Å². The normalized spacial score (nSPS) is 16.1. The first-order valence-electron chi connectivity index (χ1n) is 5.96. The van der Waals surface area contributed by atoms with Gasteiger partial charge in [0.2, 0.25) is 0 Å². The molecule has 0 heterocycles. The summed E-state index contributed by atoms with van der Waals surface area (Å²) in [4.78, 5) is 13.1. The molecular formula is C11H18F3NO3. The Hall–Kier alpha value is -0.820. The van der Waals surface area contributed by atoms with E-state index in [1.165, 1.54) is 0 Å². The molecule has 0 aliphatic heterocycles. The Morgan fingerprint density at radius 1 is 1.39 bits per heavy atom. The van der Waals surface area contributed by atoms with Crippen LogP contribution in [0.1, 0.15) is 19.8 Å². The first-order chi connectivity index (χ1) is 8.42. The molecule has 0 bridgehead atoms. The average Bonchev–Trinajstić information content (AvgIpc) is 3.05. The minimum atomic E-state index is -4.30. The fourth-order valence-corrected chi connectivity index (χ4v) is 1.57. The molecule has 0 unspecified atom stereocenters. The maximum atomic E-state index is 11.8. The van der Waals surface area contributed by atoms with Gasteiger partial charge in [0, 0.05) is 12.6 Å². The van der Waals surface area contributed by atoms with Gasteiger partial charge in [0.15, 0.2) is 0 Å². The van der Waals surface area contributed by atoms with Crippen molar-refractivity contribution in [3.63, 3.8) is 0 Å². The van der Waals surface area contributed by atoms with Crippen molar-refractivity contribution >= 4 is 5.97 Å². The van der Waals surface area contributed by atoms with Gasteiger partial charge in [0.1, 0.15) is 6.61 Å². The molecular weight excluding hydrogens is 251 g/mol. The van der Waals surface area contributed by atoms with Crippen molar-refractivity contribution in [3.05, 3.63) is 0 Å². The molecule has 1 fully saturated rings. The molecule has 18 heavy (non-hydrogen) atoms. The predicted molar refractivity (Wildman–Crippen MR) is 58.1 cm³/mol. The third kappa shape index (κ3) is 6.80. The van der Waals surface area contributed by atoms with Crippen molar-refractivity contribution < 1.29 is 27.4 Å². The summed E-state index contributed by atoms with van der Waals surface area (Å²) in [5.74, 6) is -0.347. The topological polar surface area (TPSA) is 38.8 Å². The van der Waals surface area contributed by atoms with E-state index in [0.29, 0.717) is 13.2 Å². The van der Waals surface area contributed by atoms with Crippen LogP contribution in [0.25, 0.3) is 0 Å². The summed E-state index contributed by atoms with van der Waals surface area (Å²) >= 11 is 0. The molecule has 0 radical (unpaired) electrons. The monoisotopic (exact) mass is 269 g/mol. The maximum Gasteiger partial charge on any atom is 0.411 e. The lowest BCUT2D eigenvalue weighted by atomic mass is 10.4. The van der Waals surface area contributed by atoms with E-state index in [4.69, 9.17) is 4.74 Å². The van der Waals surface area contributed by atoms with Crippen molar-refractivity contribution in [1.29, 1.82) is 0 Å². The number of alkyl halides is 3. The van der Waals surface area contributed by atoms with E-state index in [0.717, 1.165) is 12.8 Å². The smallest absolute Gasteiger partial charge is 0.411 e.